The standard InChI is InChI=1S/C22H12N3.C10H10N2.Ir/c1-2-5-15-9-17-11-20-19(10-16(17)8-14(15)4-1)18-6-3-7-24-22(18)25-13-23-12-21(20)25;1-11-7-8-12(9-11)10-5-3-2-4-6-10;/h1-12H;2-5,7-9H,1H3;/q-1;-2;+3. The summed E-state index contributed by atoms with van der Waals surface area (Å²) in [5, 5.41) is 8.49. The molecule has 0 atom stereocenters. The number of hydrogen-bond acceptors (Lipinski definition) is 4. The van der Waals surface area contributed by atoms with Gasteiger partial charge >= 0.3 is 20.1 Å². The molecule has 184 valence electrons. The van der Waals surface area contributed by atoms with Gasteiger partial charge in [0.05, 0.1) is 5.65 Å². The van der Waals surface area contributed by atoms with E-state index in [0.29, 0.717) is 0 Å². The molecule has 0 amide bonds. The first-order valence-corrected chi connectivity index (χ1v) is 12.1. The van der Waals surface area contributed by atoms with Crippen LogP contribution in [-0.2, 0) is 20.1 Å². The van der Waals surface area contributed by atoms with E-state index >= 15 is 0 Å². The summed E-state index contributed by atoms with van der Waals surface area (Å²) in [6, 6.07) is 32.7. The molecule has 4 heterocycles. The molecule has 0 bridgehead atoms. The van der Waals surface area contributed by atoms with Crippen LogP contribution in [0.4, 0.5) is 5.69 Å². The average molecular weight is 669 g/mol. The number of para-hydroxylation sites is 1. The maximum absolute atomic E-state index is 4.55. The minimum absolute atomic E-state index is 0. The molecule has 0 spiro atoms. The maximum atomic E-state index is 4.55. The van der Waals surface area contributed by atoms with Gasteiger partial charge < -0.3 is 19.2 Å². The van der Waals surface area contributed by atoms with Crippen LogP contribution in [0.2, 0.25) is 0 Å². The van der Waals surface area contributed by atoms with Gasteiger partial charge in [-0.1, -0.05) is 42.6 Å². The van der Waals surface area contributed by atoms with E-state index in [4.69, 9.17) is 0 Å². The predicted molar refractivity (Wildman–Crippen MR) is 151 cm³/mol. The zero-order chi connectivity index (χ0) is 24.8. The summed E-state index contributed by atoms with van der Waals surface area (Å²) >= 11 is 0. The van der Waals surface area contributed by atoms with Gasteiger partial charge in [0.25, 0.3) is 0 Å². The summed E-state index contributed by atoms with van der Waals surface area (Å²) in [6.45, 7) is 2.01. The Morgan fingerprint density at radius 1 is 0.763 bits per heavy atom. The van der Waals surface area contributed by atoms with Crippen LogP contribution < -0.4 is 4.90 Å². The zero-order valence-corrected chi connectivity index (χ0v) is 22.9. The fraction of sp³-hybridized carbons (Fsp3) is 0.0312. The first-order chi connectivity index (χ1) is 18.2. The smallest absolute Gasteiger partial charge is 0.510 e. The molecule has 6 heteroatoms. The molecule has 0 N–H and O–H groups in total. The fourth-order valence-electron chi connectivity index (χ4n) is 4.96. The van der Waals surface area contributed by atoms with Crippen LogP contribution in [0.3, 0.4) is 0 Å². The largest absolute Gasteiger partial charge is 3.00 e. The average Bonchev–Trinajstić information content (AvgIpc) is 3.62. The number of anilines is 1. The van der Waals surface area contributed by atoms with Gasteiger partial charge in [-0.25, -0.2) is 0 Å². The molecule has 0 saturated carbocycles. The molecule has 0 aliphatic carbocycles. The van der Waals surface area contributed by atoms with Crippen LogP contribution >= 0.6 is 0 Å². The molecule has 1 aliphatic heterocycles. The van der Waals surface area contributed by atoms with E-state index in [1.807, 2.05) is 83.0 Å². The number of imidazole rings is 1. The van der Waals surface area contributed by atoms with E-state index in [2.05, 4.69) is 77.0 Å². The van der Waals surface area contributed by atoms with Gasteiger partial charge in [0.15, 0.2) is 0 Å². The molecule has 38 heavy (non-hydrogen) atoms. The van der Waals surface area contributed by atoms with Crippen molar-refractivity contribution in [2.75, 3.05) is 11.9 Å². The Hall–Kier alpha value is -4.25. The first kappa shape index (κ1) is 24.1. The summed E-state index contributed by atoms with van der Waals surface area (Å²) in [5.74, 6) is 0. The zero-order valence-electron chi connectivity index (χ0n) is 20.5. The Morgan fingerprint density at radius 2 is 1.53 bits per heavy atom. The number of rotatable bonds is 1. The third-order valence-electron chi connectivity index (χ3n) is 6.73. The molecule has 1 aliphatic rings. The van der Waals surface area contributed by atoms with Crippen molar-refractivity contribution >= 4 is 54.6 Å². The second kappa shape index (κ2) is 9.90. The van der Waals surface area contributed by atoms with Crippen molar-refractivity contribution in [1.29, 1.82) is 0 Å². The summed E-state index contributed by atoms with van der Waals surface area (Å²) in [4.78, 5) is 12.8. The summed E-state index contributed by atoms with van der Waals surface area (Å²) in [6.07, 6.45) is 10.7. The summed E-state index contributed by atoms with van der Waals surface area (Å²) in [7, 11) is 2.00. The van der Waals surface area contributed by atoms with Crippen LogP contribution in [0.1, 0.15) is 0 Å². The Balaban J connectivity index is 0.000000172. The van der Waals surface area contributed by atoms with Crippen molar-refractivity contribution in [2.45, 2.75) is 0 Å². The topological polar surface area (TPSA) is 36.7 Å². The van der Waals surface area contributed by atoms with Gasteiger partial charge in [0.2, 0.25) is 0 Å². The van der Waals surface area contributed by atoms with Crippen LogP contribution in [0, 0.1) is 19.1 Å². The van der Waals surface area contributed by atoms with Crippen molar-refractivity contribution in [3.8, 4) is 0 Å². The Kier molecular flexibility index (Phi) is 6.28. The van der Waals surface area contributed by atoms with Crippen molar-refractivity contribution < 1.29 is 20.1 Å². The summed E-state index contributed by atoms with van der Waals surface area (Å²) in [5.41, 5.74) is 3.00. The van der Waals surface area contributed by atoms with Crippen LogP contribution in [-0.4, -0.2) is 26.3 Å². The number of pyridine rings is 2. The number of aromatic nitrogens is 3. The van der Waals surface area contributed by atoms with E-state index in [1.165, 1.54) is 32.3 Å². The third-order valence-corrected chi connectivity index (χ3v) is 6.73. The Bertz CT molecular complexity index is 1940. The molecule has 0 saturated heterocycles. The molecule has 0 fully saturated rings. The second-order valence-electron chi connectivity index (χ2n) is 9.13. The molecule has 0 unspecified atom stereocenters. The fourth-order valence-corrected chi connectivity index (χ4v) is 4.96. The minimum Gasteiger partial charge on any atom is -0.510 e. The molecule has 3 aromatic heterocycles. The maximum Gasteiger partial charge on any atom is 3.00 e. The Morgan fingerprint density at radius 3 is 2.24 bits per heavy atom. The van der Waals surface area contributed by atoms with E-state index in [1.54, 1.807) is 0 Å². The number of hydrogen-bond donors (Lipinski definition) is 0. The molecular formula is C32H22IrN5. The van der Waals surface area contributed by atoms with Crippen LogP contribution in [0.5, 0.6) is 0 Å². The van der Waals surface area contributed by atoms with E-state index in [-0.39, 0.29) is 20.1 Å². The van der Waals surface area contributed by atoms with Gasteiger partial charge in [0.1, 0.15) is 0 Å². The number of nitrogens with zero attached hydrogens (tertiary/aromatic N) is 5. The van der Waals surface area contributed by atoms with Gasteiger partial charge in [-0.2, -0.15) is 37.0 Å². The van der Waals surface area contributed by atoms with Crippen molar-refractivity contribution in [3.05, 3.63) is 129 Å². The molecule has 8 rings (SSSR count). The van der Waals surface area contributed by atoms with Gasteiger partial charge in [-0.05, 0) is 86.9 Å². The SMILES string of the molecule is CN1C=CN(c2[c-]cccc2)[CH-]1.[Ir+3].[c-]1ncc2c3cc4cc5ccccc5cc4cc3c3cccnc3n12. The normalized spacial score (nSPS) is 12.9. The second-order valence-corrected chi connectivity index (χ2v) is 9.13. The van der Waals surface area contributed by atoms with Crippen molar-refractivity contribution in [2.24, 2.45) is 0 Å². The quantitative estimate of drug-likeness (QED) is 0.108. The van der Waals surface area contributed by atoms with E-state index in [0.717, 1.165) is 22.2 Å². The van der Waals surface area contributed by atoms with E-state index in [9.17, 15) is 0 Å². The molecule has 7 aromatic rings. The van der Waals surface area contributed by atoms with Gasteiger partial charge in [-0.3, -0.25) is 4.98 Å². The van der Waals surface area contributed by atoms with E-state index < -0.39 is 0 Å². The molecule has 4 aromatic carbocycles. The molecule has 5 nitrogen and oxygen atoms in total. The van der Waals surface area contributed by atoms with Gasteiger partial charge in [0, 0.05) is 12.5 Å². The van der Waals surface area contributed by atoms with Crippen molar-refractivity contribution in [1.82, 2.24) is 19.3 Å². The first-order valence-electron chi connectivity index (χ1n) is 12.1. The summed E-state index contributed by atoms with van der Waals surface area (Å²) < 4.78 is 1.95. The number of fused-ring (bicyclic) bond motifs is 8. The third kappa shape index (κ3) is 4.18. The van der Waals surface area contributed by atoms with Crippen molar-refractivity contribution in [3.63, 3.8) is 0 Å². The predicted octanol–water partition coefficient (Wildman–Crippen LogP) is 6.97. The molecular weight excluding hydrogens is 647 g/mol. The van der Waals surface area contributed by atoms with Gasteiger partial charge in [-0.15, -0.1) is 5.69 Å². The van der Waals surface area contributed by atoms with Crippen LogP contribution in [0.25, 0.3) is 48.9 Å². The molecule has 0 radical (unpaired) electrons. The monoisotopic (exact) mass is 669 g/mol. The minimum atomic E-state index is 0. The number of benzene rings is 4. The van der Waals surface area contributed by atoms with Crippen LogP contribution in [0.15, 0.2) is 110 Å². The Labute approximate surface area is 234 Å².